The van der Waals surface area contributed by atoms with Gasteiger partial charge in [0.05, 0.1) is 11.6 Å². The van der Waals surface area contributed by atoms with Crippen LogP contribution in [0.25, 0.3) is 0 Å². The van der Waals surface area contributed by atoms with E-state index in [0.717, 1.165) is 12.8 Å². The summed E-state index contributed by atoms with van der Waals surface area (Å²) in [5, 5.41) is 9.46. The topological polar surface area (TPSA) is 42.4 Å². The van der Waals surface area contributed by atoms with Crippen molar-refractivity contribution in [3.05, 3.63) is 22.8 Å². The molecule has 0 radical (unpaired) electrons. The van der Waals surface area contributed by atoms with Crippen molar-refractivity contribution in [2.45, 2.75) is 32.0 Å². The summed E-state index contributed by atoms with van der Waals surface area (Å²) in [6.45, 7) is -0.0810. The molecule has 76 valence electrons. The highest BCUT2D eigenvalue weighted by atomic mass is 35.5. The van der Waals surface area contributed by atoms with Crippen LogP contribution in [0.1, 0.15) is 24.8 Å². The van der Waals surface area contributed by atoms with Gasteiger partial charge in [-0.1, -0.05) is 11.6 Å². The summed E-state index contributed by atoms with van der Waals surface area (Å²) in [5.74, 6) is 0.558. The second kappa shape index (κ2) is 4.15. The van der Waals surface area contributed by atoms with Gasteiger partial charge in [-0.2, -0.15) is 0 Å². The molecule has 1 aliphatic carbocycles. The lowest BCUT2D eigenvalue weighted by molar-refractivity contribution is 0.114. The summed E-state index contributed by atoms with van der Waals surface area (Å²) in [7, 11) is 0. The Balaban J connectivity index is 2.09. The van der Waals surface area contributed by atoms with Crippen molar-refractivity contribution < 1.29 is 9.84 Å². The molecule has 0 bridgehead atoms. The molecule has 1 fully saturated rings. The maximum Gasteiger partial charge on any atom is 0.213 e. The minimum Gasteiger partial charge on any atom is -0.474 e. The van der Waals surface area contributed by atoms with Crippen molar-refractivity contribution in [3.63, 3.8) is 0 Å². The minimum atomic E-state index is -0.0810. The van der Waals surface area contributed by atoms with Crippen LogP contribution in [0.15, 0.2) is 12.3 Å². The molecule has 0 spiro atoms. The minimum absolute atomic E-state index is 0.0810. The molecule has 0 aromatic carbocycles. The van der Waals surface area contributed by atoms with Gasteiger partial charge in [-0.3, -0.25) is 0 Å². The lowest BCUT2D eigenvalue weighted by atomic mass is 9.96. The first-order chi connectivity index (χ1) is 6.79. The third kappa shape index (κ3) is 1.99. The normalized spacial score (nSPS) is 16.4. The maximum atomic E-state index is 8.98. The van der Waals surface area contributed by atoms with Crippen molar-refractivity contribution in [2.75, 3.05) is 0 Å². The molecule has 1 aliphatic rings. The smallest absolute Gasteiger partial charge is 0.213 e. The molecule has 2 rings (SSSR count). The predicted octanol–water partition coefficient (Wildman–Crippen LogP) is 2.16. The molecule has 4 heteroatoms. The average Bonchev–Trinajstić information content (AvgIpc) is 2.14. The van der Waals surface area contributed by atoms with Crippen LogP contribution in [0.5, 0.6) is 5.88 Å². The third-order valence-electron chi connectivity index (χ3n) is 2.42. The first-order valence-corrected chi connectivity index (χ1v) is 5.09. The molecule has 0 aliphatic heterocycles. The van der Waals surface area contributed by atoms with E-state index in [1.807, 2.05) is 0 Å². The van der Waals surface area contributed by atoms with E-state index in [-0.39, 0.29) is 6.61 Å². The molecule has 0 saturated heterocycles. The van der Waals surface area contributed by atoms with Gasteiger partial charge in [-0.15, -0.1) is 0 Å². The van der Waals surface area contributed by atoms with Gasteiger partial charge in [-0.05, 0) is 19.3 Å². The Hall–Kier alpha value is -0.800. The lowest BCUT2D eigenvalue weighted by Gasteiger charge is -2.25. The molecule has 0 atom stereocenters. The number of aromatic nitrogens is 1. The second-order valence-corrected chi connectivity index (χ2v) is 3.85. The molecule has 3 nitrogen and oxygen atoms in total. The molecular weight excluding hydrogens is 202 g/mol. The summed E-state index contributed by atoms with van der Waals surface area (Å²) in [6, 6.07) is 1.70. The number of hydrogen-bond acceptors (Lipinski definition) is 3. The summed E-state index contributed by atoms with van der Waals surface area (Å²) in [4.78, 5) is 4.04. The van der Waals surface area contributed by atoms with Crippen molar-refractivity contribution in [1.29, 1.82) is 0 Å². The SMILES string of the molecule is OCc1cc(OC2CCC2)ncc1Cl. The molecule has 1 heterocycles. The fraction of sp³-hybridized carbons (Fsp3) is 0.500. The molecule has 0 unspecified atom stereocenters. The number of rotatable bonds is 3. The van der Waals surface area contributed by atoms with Gasteiger partial charge < -0.3 is 9.84 Å². The highest BCUT2D eigenvalue weighted by Crippen LogP contribution is 2.26. The van der Waals surface area contributed by atoms with E-state index < -0.39 is 0 Å². The molecular formula is C10H12ClNO2. The Morgan fingerprint density at radius 3 is 2.93 bits per heavy atom. The largest absolute Gasteiger partial charge is 0.474 e. The van der Waals surface area contributed by atoms with Crippen molar-refractivity contribution in [3.8, 4) is 5.88 Å². The van der Waals surface area contributed by atoms with Crippen LogP contribution in [0.2, 0.25) is 5.02 Å². The van der Waals surface area contributed by atoms with Crippen molar-refractivity contribution >= 4 is 11.6 Å². The molecule has 0 amide bonds. The van der Waals surface area contributed by atoms with Crippen LogP contribution in [0.3, 0.4) is 0 Å². The van der Waals surface area contributed by atoms with Crippen molar-refractivity contribution in [1.82, 2.24) is 4.98 Å². The van der Waals surface area contributed by atoms with Crippen molar-refractivity contribution in [2.24, 2.45) is 0 Å². The Morgan fingerprint density at radius 1 is 1.57 bits per heavy atom. The molecule has 1 N–H and O–H groups in total. The van der Waals surface area contributed by atoms with Crippen LogP contribution < -0.4 is 4.74 Å². The Kier molecular flexibility index (Phi) is 2.89. The van der Waals surface area contributed by atoms with Gasteiger partial charge in [0.25, 0.3) is 0 Å². The van der Waals surface area contributed by atoms with E-state index in [1.54, 1.807) is 6.07 Å². The summed E-state index contributed by atoms with van der Waals surface area (Å²) < 4.78 is 5.57. The van der Waals surface area contributed by atoms with Gasteiger partial charge in [0.1, 0.15) is 6.10 Å². The van der Waals surface area contributed by atoms with E-state index in [9.17, 15) is 0 Å². The second-order valence-electron chi connectivity index (χ2n) is 3.44. The number of hydrogen-bond donors (Lipinski definition) is 1. The fourth-order valence-electron chi connectivity index (χ4n) is 1.30. The lowest BCUT2D eigenvalue weighted by Crippen LogP contribution is -2.25. The van der Waals surface area contributed by atoms with Gasteiger partial charge in [0, 0.05) is 17.8 Å². The summed E-state index contributed by atoms with van der Waals surface area (Å²) >= 11 is 5.80. The zero-order chi connectivity index (χ0) is 9.97. The number of halogens is 1. The third-order valence-corrected chi connectivity index (χ3v) is 2.76. The number of ether oxygens (including phenoxy) is 1. The Labute approximate surface area is 87.7 Å². The zero-order valence-electron chi connectivity index (χ0n) is 7.74. The van der Waals surface area contributed by atoms with E-state index in [4.69, 9.17) is 21.4 Å². The van der Waals surface area contributed by atoms with Crippen LogP contribution in [-0.4, -0.2) is 16.2 Å². The summed E-state index contributed by atoms with van der Waals surface area (Å²) in [6.07, 6.45) is 5.24. The van der Waals surface area contributed by atoms with Crippen LogP contribution in [0, 0.1) is 0 Å². The van der Waals surface area contributed by atoms with Gasteiger partial charge in [-0.25, -0.2) is 4.98 Å². The molecule has 14 heavy (non-hydrogen) atoms. The zero-order valence-corrected chi connectivity index (χ0v) is 8.50. The fourth-order valence-corrected chi connectivity index (χ4v) is 1.47. The van der Waals surface area contributed by atoms with Crippen LogP contribution in [-0.2, 0) is 6.61 Å². The van der Waals surface area contributed by atoms with Crippen LogP contribution >= 0.6 is 11.6 Å². The Bertz CT molecular complexity index is 326. The predicted molar refractivity (Wildman–Crippen MR) is 53.4 cm³/mol. The monoisotopic (exact) mass is 213 g/mol. The first-order valence-electron chi connectivity index (χ1n) is 4.71. The highest BCUT2D eigenvalue weighted by molar-refractivity contribution is 6.31. The van der Waals surface area contributed by atoms with E-state index in [0.29, 0.717) is 22.6 Å². The van der Waals surface area contributed by atoms with Crippen LogP contribution in [0.4, 0.5) is 0 Å². The Morgan fingerprint density at radius 2 is 2.36 bits per heavy atom. The quantitative estimate of drug-likeness (QED) is 0.837. The number of aliphatic hydroxyl groups excluding tert-OH is 1. The van der Waals surface area contributed by atoms with E-state index >= 15 is 0 Å². The van der Waals surface area contributed by atoms with E-state index in [2.05, 4.69) is 4.98 Å². The average molecular weight is 214 g/mol. The van der Waals surface area contributed by atoms with Gasteiger partial charge in [0.15, 0.2) is 0 Å². The molecule has 1 aromatic heterocycles. The van der Waals surface area contributed by atoms with Gasteiger partial charge in [0.2, 0.25) is 5.88 Å². The van der Waals surface area contributed by atoms with Gasteiger partial charge >= 0.3 is 0 Å². The maximum absolute atomic E-state index is 8.98. The standard InChI is InChI=1S/C10H12ClNO2/c11-9-5-12-10(4-7(9)6-13)14-8-2-1-3-8/h4-5,8,13H,1-3,6H2. The number of pyridine rings is 1. The molecule has 1 aromatic rings. The number of nitrogens with zero attached hydrogens (tertiary/aromatic N) is 1. The molecule has 1 saturated carbocycles. The first kappa shape index (κ1) is 9.74. The van der Waals surface area contributed by atoms with E-state index in [1.165, 1.54) is 12.6 Å². The number of aliphatic hydroxyl groups is 1. The highest BCUT2D eigenvalue weighted by Gasteiger charge is 2.19. The summed E-state index contributed by atoms with van der Waals surface area (Å²) in [5.41, 5.74) is 0.663.